The highest BCUT2D eigenvalue weighted by atomic mass is 16.1. The van der Waals surface area contributed by atoms with Crippen LogP contribution in [-0.4, -0.2) is 56.7 Å². The van der Waals surface area contributed by atoms with E-state index in [1.807, 2.05) is 0 Å². The van der Waals surface area contributed by atoms with Gasteiger partial charge in [0.2, 0.25) is 5.91 Å². The predicted octanol–water partition coefficient (Wildman–Crippen LogP) is 1.29. The van der Waals surface area contributed by atoms with E-state index in [-0.39, 0.29) is 0 Å². The Hall–Kier alpha value is -2.48. The van der Waals surface area contributed by atoms with E-state index in [2.05, 4.69) is 36.6 Å². The number of piperidine rings is 1. The summed E-state index contributed by atoms with van der Waals surface area (Å²) in [5.74, 6) is 2.77. The van der Waals surface area contributed by atoms with Crippen molar-refractivity contribution in [1.29, 1.82) is 0 Å². The first-order chi connectivity index (χ1) is 13.1. The molecule has 0 bridgehead atoms. The summed E-state index contributed by atoms with van der Waals surface area (Å²) in [5, 5.41) is 8.99. The minimum absolute atomic E-state index is 0.308. The molecule has 8 nitrogen and oxygen atoms in total. The molecular weight excluding hydrogens is 342 g/mol. The molecule has 4 heterocycles. The molecule has 2 aromatic rings. The number of amides is 1. The number of hydrogen-bond donors (Lipinski definition) is 1. The lowest BCUT2D eigenvalue weighted by Crippen LogP contribution is -2.36. The van der Waals surface area contributed by atoms with Crippen LogP contribution in [0.5, 0.6) is 0 Å². The van der Waals surface area contributed by atoms with Crippen LogP contribution in [0.4, 0.5) is 5.82 Å². The standard InChI is InChI=1S/C19H27N7O/c1-24-17(13-25-8-2-3-9-25)22-23-19(24)15-5-4-10-26(12-15)16-11-14(18(20)27)6-7-21-16/h6-7,11,15H,2-5,8-10,12-13H2,1H3,(H2,20,27)/t15-/m0/s1. The first kappa shape index (κ1) is 17.9. The summed E-state index contributed by atoms with van der Waals surface area (Å²) >= 11 is 0. The Morgan fingerprint density at radius 3 is 2.81 bits per heavy atom. The van der Waals surface area contributed by atoms with Gasteiger partial charge in [-0.25, -0.2) is 4.98 Å². The maximum Gasteiger partial charge on any atom is 0.248 e. The predicted molar refractivity (Wildman–Crippen MR) is 102 cm³/mol. The van der Waals surface area contributed by atoms with Crippen molar-refractivity contribution in [2.75, 3.05) is 31.1 Å². The molecule has 27 heavy (non-hydrogen) atoms. The average Bonchev–Trinajstić information content (AvgIpc) is 3.33. The molecule has 4 rings (SSSR count). The van der Waals surface area contributed by atoms with Gasteiger partial charge in [-0.05, 0) is 50.9 Å². The van der Waals surface area contributed by atoms with E-state index < -0.39 is 5.91 Å². The molecule has 2 aliphatic rings. The van der Waals surface area contributed by atoms with Gasteiger partial charge in [0.05, 0.1) is 6.54 Å². The molecule has 0 spiro atoms. The van der Waals surface area contributed by atoms with Gasteiger partial charge in [-0.2, -0.15) is 0 Å². The van der Waals surface area contributed by atoms with E-state index in [0.29, 0.717) is 11.5 Å². The molecule has 0 saturated carbocycles. The molecular formula is C19H27N7O. The van der Waals surface area contributed by atoms with Crippen molar-refractivity contribution in [1.82, 2.24) is 24.6 Å². The highest BCUT2D eigenvalue weighted by molar-refractivity contribution is 5.93. The fraction of sp³-hybridized carbons (Fsp3) is 0.579. The Labute approximate surface area is 159 Å². The van der Waals surface area contributed by atoms with Crippen molar-refractivity contribution in [3.05, 3.63) is 35.5 Å². The van der Waals surface area contributed by atoms with Crippen LogP contribution >= 0.6 is 0 Å². The maximum atomic E-state index is 11.5. The largest absolute Gasteiger partial charge is 0.366 e. The number of carbonyl (C=O) groups excluding carboxylic acids is 1. The van der Waals surface area contributed by atoms with Crippen molar-refractivity contribution in [3.8, 4) is 0 Å². The van der Waals surface area contributed by atoms with E-state index in [1.54, 1.807) is 18.3 Å². The molecule has 0 unspecified atom stereocenters. The van der Waals surface area contributed by atoms with Gasteiger partial charge >= 0.3 is 0 Å². The number of carbonyl (C=O) groups is 1. The van der Waals surface area contributed by atoms with Gasteiger partial charge in [0, 0.05) is 37.8 Å². The fourth-order valence-electron chi connectivity index (χ4n) is 4.15. The third-order valence-electron chi connectivity index (χ3n) is 5.70. The summed E-state index contributed by atoms with van der Waals surface area (Å²) in [4.78, 5) is 20.6. The SMILES string of the molecule is Cn1c(CN2CCCC2)nnc1[C@H]1CCCN(c2cc(C(N)=O)ccn2)C1. The number of hydrogen-bond acceptors (Lipinski definition) is 6. The first-order valence-electron chi connectivity index (χ1n) is 9.73. The summed E-state index contributed by atoms with van der Waals surface area (Å²) in [6.45, 7) is 4.93. The third-order valence-corrected chi connectivity index (χ3v) is 5.70. The third kappa shape index (κ3) is 3.80. The summed E-state index contributed by atoms with van der Waals surface area (Å²) in [7, 11) is 2.08. The number of pyridine rings is 1. The number of aromatic nitrogens is 4. The summed E-state index contributed by atoms with van der Waals surface area (Å²) in [6.07, 6.45) is 6.35. The lowest BCUT2D eigenvalue weighted by Gasteiger charge is -2.33. The van der Waals surface area contributed by atoms with E-state index in [9.17, 15) is 4.79 Å². The van der Waals surface area contributed by atoms with Crippen molar-refractivity contribution < 1.29 is 4.79 Å². The Bertz CT molecular complexity index is 812. The summed E-state index contributed by atoms with van der Waals surface area (Å²) in [6, 6.07) is 3.43. The first-order valence-corrected chi connectivity index (χ1v) is 9.73. The zero-order chi connectivity index (χ0) is 18.8. The van der Waals surface area contributed by atoms with Crippen molar-refractivity contribution >= 4 is 11.7 Å². The number of anilines is 1. The van der Waals surface area contributed by atoms with Crippen LogP contribution in [0.25, 0.3) is 0 Å². The second kappa shape index (κ2) is 7.64. The average molecular weight is 369 g/mol. The van der Waals surface area contributed by atoms with E-state index in [4.69, 9.17) is 5.73 Å². The smallest absolute Gasteiger partial charge is 0.248 e. The van der Waals surface area contributed by atoms with Crippen LogP contribution in [0.3, 0.4) is 0 Å². The van der Waals surface area contributed by atoms with Crippen LogP contribution in [0, 0.1) is 0 Å². The van der Waals surface area contributed by atoms with Gasteiger partial charge < -0.3 is 15.2 Å². The molecule has 0 radical (unpaired) electrons. The number of primary amides is 1. The molecule has 2 fully saturated rings. The van der Waals surface area contributed by atoms with Gasteiger partial charge in [-0.1, -0.05) is 0 Å². The monoisotopic (exact) mass is 369 g/mol. The van der Waals surface area contributed by atoms with Gasteiger partial charge in [0.15, 0.2) is 0 Å². The van der Waals surface area contributed by atoms with Crippen LogP contribution in [0.15, 0.2) is 18.3 Å². The Morgan fingerprint density at radius 1 is 1.22 bits per heavy atom. The fourth-order valence-corrected chi connectivity index (χ4v) is 4.15. The molecule has 0 aliphatic carbocycles. The molecule has 2 aromatic heterocycles. The Morgan fingerprint density at radius 2 is 2.04 bits per heavy atom. The Balaban J connectivity index is 1.49. The number of nitrogens with zero attached hydrogens (tertiary/aromatic N) is 6. The topological polar surface area (TPSA) is 93.2 Å². The second-order valence-corrected chi connectivity index (χ2v) is 7.57. The van der Waals surface area contributed by atoms with Gasteiger partial charge in [-0.3, -0.25) is 9.69 Å². The molecule has 2 aliphatic heterocycles. The van der Waals surface area contributed by atoms with Crippen molar-refractivity contribution in [2.45, 2.75) is 38.1 Å². The molecule has 2 N–H and O–H groups in total. The molecule has 1 amide bonds. The van der Waals surface area contributed by atoms with Gasteiger partial charge in [-0.15, -0.1) is 10.2 Å². The normalized spacial score (nSPS) is 20.9. The Kier molecular flexibility index (Phi) is 5.07. The summed E-state index contributed by atoms with van der Waals surface area (Å²) in [5.41, 5.74) is 5.90. The van der Waals surface area contributed by atoms with E-state index >= 15 is 0 Å². The van der Waals surface area contributed by atoms with E-state index in [0.717, 1.165) is 63.0 Å². The lowest BCUT2D eigenvalue weighted by molar-refractivity contribution is 0.1000. The highest BCUT2D eigenvalue weighted by Gasteiger charge is 2.27. The molecule has 2 saturated heterocycles. The van der Waals surface area contributed by atoms with Gasteiger partial charge in [0.1, 0.15) is 17.5 Å². The van der Waals surface area contributed by atoms with E-state index in [1.165, 1.54) is 12.8 Å². The number of rotatable bonds is 5. The van der Waals surface area contributed by atoms with Gasteiger partial charge in [0.25, 0.3) is 0 Å². The molecule has 8 heteroatoms. The summed E-state index contributed by atoms with van der Waals surface area (Å²) < 4.78 is 2.17. The number of likely N-dealkylation sites (tertiary alicyclic amines) is 1. The lowest BCUT2D eigenvalue weighted by atomic mass is 9.97. The number of nitrogens with two attached hydrogens (primary N) is 1. The van der Waals surface area contributed by atoms with Crippen LogP contribution in [0.1, 0.15) is 53.6 Å². The van der Waals surface area contributed by atoms with Crippen LogP contribution < -0.4 is 10.6 Å². The van der Waals surface area contributed by atoms with Crippen LogP contribution in [-0.2, 0) is 13.6 Å². The zero-order valence-electron chi connectivity index (χ0n) is 15.8. The maximum absolute atomic E-state index is 11.5. The van der Waals surface area contributed by atoms with Crippen LogP contribution in [0.2, 0.25) is 0 Å². The minimum atomic E-state index is -0.424. The molecule has 0 aromatic carbocycles. The zero-order valence-corrected chi connectivity index (χ0v) is 15.8. The molecule has 144 valence electrons. The minimum Gasteiger partial charge on any atom is -0.366 e. The molecule has 1 atom stereocenters. The van der Waals surface area contributed by atoms with Crippen molar-refractivity contribution in [2.24, 2.45) is 12.8 Å². The highest BCUT2D eigenvalue weighted by Crippen LogP contribution is 2.29. The quantitative estimate of drug-likeness (QED) is 0.854. The van der Waals surface area contributed by atoms with Crippen molar-refractivity contribution in [3.63, 3.8) is 0 Å². The second-order valence-electron chi connectivity index (χ2n) is 7.57.